The molecule has 0 unspecified atom stereocenters. The highest BCUT2D eigenvalue weighted by Gasteiger charge is 2.31. The molecule has 1 heterocycles. The third-order valence-corrected chi connectivity index (χ3v) is 3.14. The Kier molecular flexibility index (Phi) is 3.08. The van der Waals surface area contributed by atoms with Crippen molar-refractivity contribution in [3.8, 4) is 16.9 Å². The number of nitrogens with one attached hydrogen (secondary N) is 1. The van der Waals surface area contributed by atoms with E-state index in [9.17, 15) is 18.0 Å². The van der Waals surface area contributed by atoms with Crippen LogP contribution in [-0.2, 0) is 11.0 Å². The van der Waals surface area contributed by atoms with E-state index in [1.54, 1.807) is 24.3 Å². The SMILES string of the molecule is O=C1COc2c(cccc2-c2cccc(C(F)(F)F)c2)N1. The van der Waals surface area contributed by atoms with Crippen LogP contribution < -0.4 is 10.1 Å². The first kappa shape index (κ1) is 13.5. The molecule has 0 bridgehead atoms. The molecule has 0 fully saturated rings. The zero-order valence-electron chi connectivity index (χ0n) is 10.7. The Morgan fingerprint density at radius 2 is 1.86 bits per heavy atom. The van der Waals surface area contributed by atoms with Gasteiger partial charge in [-0.05, 0) is 23.8 Å². The number of amides is 1. The lowest BCUT2D eigenvalue weighted by molar-refractivity contribution is -0.137. The Morgan fingerprint density at radius 1 is 1.10 bits per heavy atom. The molecule has 0 aromatic heterocycles. The molecule has 2 aromatic rings. The maximum atomic E-state index is 12.8. The highest BCUT2D eigenvalue weighted by atomic mass is 19.4. The van der Waals surface area contributed by atoms with Gasteiger partial charge in [-0.1, -0.05) is 24.3 Å². The summed E-state index contributed by atoms with van der Waals surface area (Å²) in [6.45, 7) is -0.150. The average molecular weight is 293 g/mol. The van der Waals surface area contributed by atoms with E-state index < -0.39 is 11.7 Å². The van der Waals surface area contributed by atoms with Crippen LogP contribution >= 0.6 is 0 Å². The summed E-state index contributed by atoms with van der Waals surface area (Å²) in [5, 5.41) is 2.63. The zero-order chi connectivity index (χ0) is 15.0. The Hall–Kier alpha value is -2.50. The number of alkyl halides is 3. The molecule has 2 aromatic carbocycles. The minimum Gasteiger partial charge on any atom is -0.481 e. The molecule has 0 saturated heterocycles. The van der Waals surface area contributed by atoms with Gasteiger partial charge in [-0.25, -0.2) is 0 Å². The van der Waals surface area contributed by atoms with Crippen molar-refractivity contribution in [1.29, 1.82) is 0 Å². The van der Waals surface area contributed by atoms with Crippen LogP contribution in [0.4, 0.5) is 18.9 Å². The summed E-state index contributed by atoms with van der Waals surface area (Å²) in [6.07, 6.45) is -4.40. The van der Waals surface area contributed by atoms with Crippen LogP contribution in [0.2, 0.25) is 0 Å². The number of fused-ring (bicyclic) bond motifs is 1. The van der Waals surface area contributed by atoms with Gasteiger partial charge in [-0.2, -0.15) is 13.2 Å². The number of rotatable bonds is 1. The van der Waals surface area contributed by atoms with Gasteiger partial charge < -0.3 is 10.1 Å². The van der Waals surface area contributed by atoms with E-state index in [0.29, 0.717) is 22.6 Å². The standard InChI is InChI=1S/C15H10F3NO2/c16-15(17,18)10-4-1-3-9(7-10)11-5-2-6-12-14(11)21-8-13(20)19-12/h1-7H,8H2,(H,19,20). The monoisotopic (exact) mass is 293 g/mol. The minimum atomic E-state index is -4.40. The molecule has 1 aliphatic rings. The van der Waals surface area contributed by atoms with E-state index in [4.69, 9.17) is 4.74 Å². The second-order valence-electron chi connectivity index (χ2n) is 4.60. The largest absolute Gasteiger partial charge is 0.481 e. The van der Waals surface area contributed by atoms with E-state index in [2.05, 4.69) is 5.32 Å². The number of anilines is 1. The van der Waals surface area contributed by atoms with Crippen molar-refractivity contribution in [3.63, 3.8) is 0 Å². The molecule has 1 amide bonds. The highest BCUT2D eigenvalue weighted by Crippen LogP contribution is 2.40. The Bertz CT molecular complexity index is 710. The molecule has 1 N–H and O–H groups in total. The number of carbonyl (C=O) groups is 1. The van der Waals surface area contributed by atoms with Crippen molar-refractivity contribution < 1.29 is 22.7 Å². The average Bonchev–Trinajstić information content (AvgIpc) is 2.45. The van der Waals surface area contributed by atoms with Gasteiger partial charge in [0.2, 0.25) is 0 Å². The molecule has 6 heteroatoms. The lowest BCUT2D eigenvalue weighted by Gasteiger charge is -2.21. The maximum absolute atomic E-state index is 12.8. The summed E-state index contributed by atoms with van der Waals surface area (Å²) in [4.78, 5) is 11.3. The summed E-state index contributed by atoms with van der Waals surface area (Å²) in [5.41, 5.74) is 0.634. The normalized spacial score (nSPS) is 14.1. The fourth-order valence-electron chi connectivity index (χ4n) is 2.21. The molecule has 108 valence electrons. The van der Waals surface area contributed by atoms with Crippen LogP contribution in [0.5, 0.6) is 5.75 Å². The number of hydrogen-bond donors (Lipinski definition) is 1. The predicted octanol–water partition coefficient (Wildman–Crippen LogP) is 3.70. The number of benzene rings is 2. The van der Waals surface area contributed by atoms with Crippen LogP contribution in [0.25, 0.3) is 11.1 Å². The quantitative estimate of drug-likeness (QED) is 0.870. The van der Waals surface area contributed by atoms with Crippen molar-refractivity contribution in [2.75, 3.05) is 11.9 Å². The Balaban J connectivity index is 2.10. The first-order chi connectivity index (χ1) is 9.95. The molecule has 0 aliphatic carbocycles. The van der Waals surface area contributed by atoms with E-state index in [0.717, 1.165) is 12.1 Å². The molecular formula is C15H10F3NO2. The summed E-state index contributed by atoms with van der Waals surface area (Å²) < 4.78 is 43.7. The van der Waals surface area contributed by atoms with Crippen molar-refractivity contribution in [3.05, 3.63) is 48.0 Å². The van der Waals surface area contributed by atoms with Gasteiger partial charge in [0.25, 0.3) is 5.91 Å². The van der Waals surface area contributed by atoms with E-state index >= 15 is 0 Å². The molecule has 3 nitrogen and oxygen atoms in total. The first-order valence-corrected chi connectivity index (χ1v) is 6.18. The first-order valence-electron chi connectivity index (χ1n) is 6.18. The van der Waals surface area contributed by atoms with Crippen LogP contribution in [0.15, 0.2) is 42.5 Å². The number of para-hydroxylation sites is 1. The summed E-state index contributed by atoms with van der Waals surface area (Å²) in [6, 6.07) is 9.96. The van der Waals surface area contributed by atoms with Crippen LogP contribution in [-0.4, -0.2) is 12.5 Å². The molecule has 21 heavy (non-hydrogen) atoms. The lowest BCUT2D eigenvalue weighted by atomic mass is 10.0. The van der Waals surface area contributed by atoms with Gasteiger partial charge in [-0.3, -0.25) is 4.79 Å². The summed E-state index contributed by atoms with van der Waals surface area (Å²) >= 11 is 0. The van der Waals surface area contributed by atoms with E-state index in [1.165, 1.54) is 6.07 Å². The maximum Gasteiger partial charge on any atom is 0.416 e. The Morgan fingerprint density at radius 3 is 2.62 bits per heavy atom. The number of ether oxygens (including phenoxy) is 1. The summed E-state index contributed by atoms with van der Waals surface area (Å²) in [5.74, 6) is 0.0973. The third-order valence-electron chi connectivity index (χ3n) is 3.14. The number of carbonyl (C=O) groups excluding carboxylic acids is 1. The van der Waals surface area contributed by atoms with Crippen LogP contribution in [0.1, 0.15) is 5.56 Å². The second kappa shape index (κ2) is 4.80. The number of hydrogen-bond acceptors (Lipinski definition) is 2. The van der Waals surface area contributed by atoms with Crippen molar-refractivity contribution in [2.24, 2.45) is 0 Å². The van der Waals surface area contributed by atoms with Crippen molar-refractivity contribution in [1.82, 2.24) is 0 Å². The van der Waals surface area contributed by atoms with Gasteiger partial charge in [0.05, 0.1) is 11.3 Å². The van der Waals surface area contributed by atoms with E-state index in [-0.39, 0.29) is 12.5 Å². The molecular weight excluding hydrogens is 283 g/mol. The smallest absolute Gasteiger partial charge is 0.416 e. The van der Waals surface area contributed by atoms with Gasteiger partial charge in [0.15, 0.2) is 12.4 Å². The molecule has 3 rings (SSSR count). The molecule has 0 spiro atoms. The topological polar surface area (TPSA) is 38.3 Å². The minimum absolute atomic E-state index is 0.150. The lowest BCUT2D eigenvalue weighted by Crippen LogP contribution is -2.25. The fourth-order valence-corrected chi connectivity index (χ4v) is 2.21. The highest BCUT2D eigenvalue weighted by molar-refractivity contribution is 5.97. The summed E-state index contributed by atoms with van der Waals surface area (Å²) in [7, 11) is 0. The fraction of sp³-hybridized carbons (Fsp3) is 0.133. The van der Waals surface area contributed by atoms with Crippen molar-refractivity contribution in [2.45, 2.75) is 6.18 Å². The van der Waals surface area contributed by atoms with Crippen LogP contribution in [0, 0.1) is 0 Å². The Labute approximate surface area is 118 Å². The van der Waals surface area contributed by atoms with Gasteiger partial charge in [-0.15, -0.1) is 0 Å². The van der Waals surface area contributed by atoms with Gasteiger partial charge in [0.1, 0.15) is 0 Å². The molecule has 1 aliphatic heterocycles. The van der Waals surface area contributed by atoms with Gasteiger partial charge >= 0.3 is 6.18 Å². The van der Waals surface area contributed by atoms with Gasteiger partial charge in [0, 0.05) is 5.56 Å². The third kappa shape index (κ3) is 2.56. The molecule has 0 atom stereocenters. The zero-order valence-corrected chi connectivity index (χ0v) is 10.7. The predicted molar refractivity (Wildman–Crippen MR) is 71.0 cm³/mol. The van der Waals surface area contributed by atoms with Crippen molar-refractivity contribution >= 4 is 11.6 Å². The number of halogens is 3. The van der Waals surface area contributed by atoms with Crippen LogP contribution in [0.3, 0.4) is 0 Å². The van der Waals surface area contributed by atoms with E-state index in [1.807, 2.05) is 0 Å². The molecule has 0 radical (unpaired) electrons. The molecule has 0 saturated carbocycles. The second-order valence-corrected chi connectivity index (χ2v) is 4.60.